The number of benzene rings is 1. The number of unbranched alkanes of at least 4 members (excludes halogenated alkanes) is 1. The zero-order valence-corrected chi connectivity index (χ0v) is 19.4. The SMILES string of the molecule is CCCCNC(=O)C1CCC(C)N(C(=O)c2cccc(S(=O)(=O)NC3CCCC3)c2)C1. The largest absolute Gasteiger partial charge is 0.356 e. The molecule has 1 aromatic rings. The number of carbonyl (C=O) groups excluding carboxylic acids is 2. The van der Waals surface area contributed by atoms with Crippen LogP contribution in [0.1, 0.15) is 75.6 Å². The fourth-order valence-electron chi connectivity index (χ4n) is 4.43. The number of rotatable bonds is 8. The molecule has 2 fully saturated rings. The molecule has 2 atom stereocenters. The molecule has 172 valence electrons. The normalized spacial score (nSPS) is 22.5. The van der Waals surface area contributed by atoms with Crippen LogP contribution in [-0.4, -0.2) is 50.3 Å². The minimum absolute atomic E-state index is 0.00377. The van der Waals surface area contributed by atoms with E-state index in [2.05, 4.69) is 17.0 Å². The molecule has 31 heavy (non-hydrogen) atoms. The fraction of sp³-hybridized carbons (Fsp3) is 0.652. The van der Waals surface area contributed by atoms with Crippen LogP contribution in [0.3, 0.4) is 0 Å². The average Bonchev–Trinajstić information content (AvgIpc) is 3.26. The predicted molar refractivity (Wildman–Crippen MR) is 120 cm³/mol. The highest BCUT2D eigenvalue weighted by atomic mass is 32.2. The van der Waals surface area contributed by atoms with Crippen molar-refractivity contribution < 1.29 is 18.0 Å². The standard InChI is InChI=1S/C23H35N3O4S/c1-3-4-14-24-22(27)19-13-12-17(2)26(16-19)23(28)18-8-7-11-21(15-18)31(29,30)25-20-9-5-6-10-20/h7-8,11,15,17,19-20,25H,3-6,9-10,12-14,16H2,1-2H3,(H,24,27). The van der Waals surface area contributed by atoms with Gasteiger partial charge in [0.1, 0.15) is 0 Å². The highest BCUT2D eigenvalue weighted by molar-refractivity contribution is 7.89. The van der Waals surface area contributed by atoms with Crippen molar-refractivity contribution in [2.45, 2.75) is 82.2 Å². The molecule has 2 aliphatic rings. The van der Waals surface area contributed by atoms with Crippen molar-refractivity contribution in [1.29, 1.82) is 0 Å². The Morgan fingerprint density at radius 1 is 1.13 bits per heavy atom. The fourth-order valence-corrected chi connectivity index (χ4v) is 5.78. The van der Waals surface area contributed by atoms with E-state index in [4.69, 9.17) is 0 Å². The lowest BCUT2D eigenvalue weighted by Crippen LogP contribution is -2.49. The maximum atomic E-state index is 13.2. The van der Waals surface area contributed by atoms with Crippen molar-refractivity contribution >= 4 is 21.8 Å². The van der Waals surface area contributed by atoms with E-state index in [1.807, 2.05) is 6.92 Å². The molecule has 2 unspecified atom stereocenters. The molecule has 1 aromatic carbocycles. The summed E-state index contributed by atoms with van der Waals surface area (Å²) in [6, 6.07) is 6.21. The number of carbonyl (C=O) groups is 2. The van der Waals surface area contributed by atoms with Gasteiger partial charge in [0.05, 0.1) is 10.8 Å². The Morgan fingerprint density at radius 3 is 2.58 bits per heavy atom. The van der Waals surface area contributed by atoms with Gasteiger partial charge in [-0.15, -0.1) is 0 Å². The zero-order chi connectivity index (χ0) is 22.4. The van der Waals surface area contributed by atoms with Gasteiger partial charge < -0.3 is 10.2 Å². The molecule has 0 spiro atoms. The van der Waals surface area contributed by atoms with Crippen LogP contribution < -0.4 is 10.0 Å². The van der Waals surface area contributed by atoms with Gasteiger partial charge in [-0.2, -0.15) is 0 Å². The van der Waals surface area contributed by atoms with Crippen molar-refractivity contribution in [3.8, 4) is 0 Å². The Hall–Kier alpha value is -1.93. The van der Waals surface area contributed by atoms with Crippen molar-refractivity contribution in [1.82, 2.24) is 14.9 Å². The van der Waals surface area contributed by atoms with Crippen LogP contribution in [0.25, 0.3) is 0 Å². The van der Waals surface area contributed by atoms with Gasteiger partial charge in [-0.1, -0.05) is 32.3 Å². The summed E-state index contributed by atoms with van der Waals surface area (Å²) in [6.07, 6.45) is 7.23. The number of hydrogen-bond acceptors (Lipinski definition) is 4. The third-order valence-corrected chi connectivity index (χ3v) is 7.93. The topological polar surface area (TPSA) is 95.6 Å². The van der Waals surface area contributed by atoms with Crippen molar-refractivity contribution in [3.05, 3.63) is 29.8 Å². The first kappa shape index (κ1) is 23.7. The maximum absolute atomic E-state index is 13.2. The summed E-state index contributed by atoms with van der Waals surface area (Å²) in [6.45, 7) is 5.07. The molecule has 3 rings (SSSR count). The molecule has 0 aromatic heterocycles. The van der Waals surface area contributed by atoms with E-state index in [1.165, 1.54) is 12.1 Å². The van der Waals surface area contributed by atoms with Crippen LogP contribution in [0, 0.1) is 5.92 Å². The van der Waals surface area contributed by atoms with Gasteiger partial charge in [-0.3, -0.25) is 9.59 Å². The van der Waals surface area contributed by atoms with E-state index < -0.39 is 10.0 Å². The number of nitrogens with zero attached hydrogens (tertiary/aromatic N) is 1. The molecular weight excluding hydrogens is 414 g/mol. The maximum Gasteiger partial charge on any atom is 0.254 e. The highest BCUT2D eigenvalue weighted by Crippen LogP contribution is 2.25. The second-order valence-electron chi connectivity index (χ2n) is 8.86. The monoisotopic (exact) mass is 449 g/mol. The van der Waals surface area contributed by atoms with Gasteiger partial charge in [0, 0.05) is 30.7 Å². The molecular formula is C23H35N3O4S. The summed E-state index contributed by atoms with van der Waals surface area (Å²) in [5.74, 6) is -0.459. The summed E-state index contributed by atoms with van der Waals surface area (Å²) in [5.41, 5.74) is 0.341. The molecule has 0 radical (unpaired) electrons. The second-order valence-corrected chi connectivity index (χ2v) is 10.6. The third-order valence-electron chi connectivity index (χ3n) is 6.41. The van der Waals surface area contributed by atoms with Crippen molar-refractivity contribution in [2.24, 2.45) is 5.92 Å². The van der Waals surface area contributed by atoms with E-state index in [-0.39, 0.29) is 34.7 Å². The zero-order valence-electron chi connectivity index (χ0n) is 18.6. The number of nitrogens with one attached hydrogen (secondary N) is 2. The molecule has 1 saturated heterocycles. The van der Waals surface area contributed by atoms with Gasteiger partial charge in [0.2, 0.25) is 15.9 Å². The second kappa shape index (κ2) is 10.6. The Kier molecular flexibility index (Phi) is 8.11. The van der Waals surface area contributed by atoms with Gasteiger partial charge in [0.25, 0.3) is 5.91 Å². The van der Waals surface area contributed by atoms with Crippen LogP contribution in [0.15, 0.2) is 29.2 Å². The summed E-state index contributed by atoms with van der Waals surface area (Å²) in [5, 5.41) is 2.97. The van der Waals surface area contributed by atoms with Crippen molar-refractivity contribution in [2.75, 3.05) is 13.1 Å². The van der Waals surface area contributed by atoms with E-state index >= 15 is 0 Å². The molecule has 2 N–H and O–H groups in total. The summed E-state index contributed by atoms with van der Waals surface area (Å²) >= 11 is 0. The molecule has 2 amide bonds. The molecule has 7 nitrogen and oxygen atoms in total. The first-order valence-corrected chi connectivity index (χ1v) is 13.0. The first-order chi connectivity index (χ1) is 14.8. The third kappa shape index (κ3) is 6.07. The Labute approximate surface area is 186 Å². The number of likely N-dealkylation sites (tertiary alicyclic amines) is 1. The Bertz CT molecular complexity index is 881. The molecule has 1 aliphatic heterocycles. The van der Waals surface area contributed by atoms with Gasteiger partial charge >= 0.3 is 0 Å². The predicted octanol–water partition coefficient (Wildman–Crippen LogP) is 3.06. The minimum Gasteiger partial charge on any atom is -0.356 e. The number of amides is 2. The smallest absolute Gasteiger partial charge is 0.254 e. The Morgan fingerprint density at radius 2 is 1.87 bits per heavy atom. The quantitative estimate of drug-likeness (QED) is 0.596. The van der Waals surface area contributed by atoms with Crippen LogP contribution in [0.4, 0.5) is 0 Å². The van der Waals surface area contributed by atoms with Crippen LogP contribution in [0.2, 0.25) is 0 Å². The van der Waals surface area contributed by atoms with Gasteiger partial charge in [-0.05, 0) is 57.2 Å². The van der Waals surface area contributed by atoms with E-state index in [0.29, 0.717) is 18.7 Å². The van der Waals surface area contributed by atoms with Crippen LogP contribution in [0.5, 0.6) is 0 Å². The first-order valence-electron chi connectivity index (χ1n) is 11.5. The van der Waals surface area contributed by atoms with Crippen molar-refractivity contribution in [3.63, 3.8) is 0 Å². The molecule has 1 heterocycles. The summed E-state index contributed by atoms with van der Waals surface area (Å²) in [7, 11) is -3.67. The Balaban J connectivity index is 1.70. The lowest BCUT2D eigenvalue weighted by atomic mass is 9.92. The number of piperidine rings is 1. The van der Waals surface area contributed by atoms with E-state index in [0.717, 1.165) is 51.4 Å². The minimum atomic E-state index is -3.67. The van der Waals surface area contributed by atoms with E-state index in [9.17, 15) is 18.0 Å². The summed E-state index contributed by atoms with van der Waals surface area (Å²) in [4.78, 5) is 27.6. The number of hydrogen-bond donors (Lipinski definition) is 2. The number of sulfonamides is 1. The lowest BCUT2D eigenvalue weighted by Gasteiger charge is -2.37. The molecule has 1 aliphatic carbocycles. The van der Waals surface area contributed by atoms with Crippen LogP contribution >= 0.6 is 0 Å². The van der Waals surface area contributed by atoms with Gasteiger partial charge in [-0.25, -0.2) is 13.1 Å². The summed E-state index contributed by atoms with van der Waals surface area (Å²) < 4.78 is 28.3. The molecule has 0 bridgehead atoms. The molecule has 1 saturated carbocycles. The average molecular weight is 450 g/mol. The molecule has 8 heteroatoms. The van der Waals surface area contributed by atoms with Gasteiger partial charge in [0.15, 0.2) is 0 Å². The lowest BCUT2D eigenvalue weighted by molar-refractivity contribution is -0.126. The highest BCUT2D eigenvalue weighted by Gasteiger charge is 2.33. The van der Waals surface area contributed by atoms with Crippen LogP contribution in [-0.2, 0) is 14.8 Å². The van der Waals surface area contributed by atoms with E-state index in [1.54, 1.807) is 17.0 Å².